The molecule has 2 heterocycles. The summed E-state index contributed by atoms with van der Waals surface area (Å²) in [5, 5.41) is 10.4. The van der Waals surface area contributed by atoms with Gasteiger partial charge in [-0.05, 0) is 97.5 Å². The number of nitrogens with zero attached hydrogens (tertiary/aromatic N) is 1. The molecule has 0 atom stereocenters. The minimum absolute atomic E-state index is 0.0989. The third-order valence-corrected chi connectivity index (χ3v) is 18.4. The lowest BCUT2D eigenvalue weighted by Crippen LogP contribution is -2.74. The van der Waals surface area contributed by atoms with Crippen LogP contribution in [0.4, 0.5) is 0 Å². The van der Waals surface area contributed by atoms with Crippen molar-refractivity contribution in [2.24, 2.45) is 0 Å². The van der Waals surface area contributed by atoms with Gasteiger partial charge < -0.3 is 8.98 Å². The van der Waals surface area contributed by atoms with Gasteiger partial charge in [0.25, 0.3) is 0 Å². The van der Waals surface area contributed by atoms with Crippen molar-refractivity contribution >= 4 is 72.6 Å². The summed E-state index contributed by atoms with van der Waals surface area (Å²) in [6.07, 6.45) is 2.39. The van der Waals surface area contributed by atoms with Crippen LogP contribution in [0, 0.1) is 0 Å². The van der Waals surface area contributed by atoms with E-state index < -0.39 is 8.07 Å². The molecule has 0 fully saturated rings. The molecular formula is C56H47NOSi. The number of aromatic nitrogens is 1. The van der Waals surface area contributed by atoms with Gasteiger partial charge in [0.1, 0.15) is 11.2 Å². The molecule has 0 bridgehead atoms. The maximum Gasteiger partial charge on any atom is 0.179 e. The Hall–Kier alpha value is -6.42. The maximum atomic E-state index is 6.25. The standard InChI is InChI=1S/C56H47NOSi/c1-55(2)34-35-56(3,4)50-37-43(31-32-49(50)55)59(40-16-7-5-8-17-40,41-18-9-6-10-19-41)42-29-27-39(28-30-42)57-51-24-13-11-20-45(51)47-23-15-22-44(54(47)57)38-26-33-53-48(36-38)46-21-12-14-25-52(46)58-53/h5-33,36-37H,34-35H2,1-4H3. The van der Waals surface area contributed by atoms with Crippen LogP contribution < -0.4 is 20.7 Å². The summed E-state index contributed by atoms with van der Waals surface area (Å²) in [6, 6.07) is 70.6. The normalized spacial score (nSPS) is 14.9. The van der Waals surface area contributed by atoms with Gasteiger partial charge in [-0.25, -0.2) is 0 Å². The van der Waals surface area contributed by atoms with Crippen LogP contribution in [0.1, 0.15) is 51.7 Å². The van der Waals surface area contributed by atoms with Gasteiger partial charge in [0, 0.05) is 32.8 Å². The quantitative estimate of drug-likeness (QED) is 0.121. The summed E-state index contributed by atoms with van der Waals surface area (Å²) >= 11 is 0. The average molecular weight is 778 g/mol. The van der Waals surface area contributed by atoms with Crippen molar-refractivity contribution in [3.63, 3.8) is 0 Å². The summed E-state index contributed by atoms with van der Waals surface area (Å²) in [5.74, 6) is 0. The van der Waals surface area contributed by atoms with Crippen molar-refractivity contribution in [3.05, 3.63) is 199 Å². The van der Waals surface area contributed by atoms with E-state index in [1.807, 2.05) is 6.07 Å². The maximum absolute atomic E-state index is 6.25. The van der Waals surface area contributed by atoms with Gasteiger partial charge in [0.15, 0.2) is 8.07 Å². The molecular weight excluding hydrogens is 731 g/mol. The predicted molar refractivity (Wildman–Crippen MR) is 252 cm³/mol. The highest BCUT2D eigenvalue weighted by atomic mass is 28.3. The zero-order chi connectivity index (χ0) is 39.9. The molecule has 1 aliphatic rings. The van der Waals surface area contributed by atoms with Gasteiger partial charge in [0.2, 0.25) is 0 Å². The first-order valence-corrected chi connectivity index (χ1v) is 23.1. The van der Waals surface area contributed by atoms with Crippen LogP contribution in [0.2, 0.25) is 0 Å². The molecule has 0 spiro atoms. The largest absolute Gasteiger partial charge is 0.456 e. The Balaban J connectivity index is 1.15. The summed E-state index contributed by atoms with van der Waals surface area (Å²) in [5.41, 5.74) is 11.0. The lowest BCUT2D eigenvalue weighted by molar-refractivity contribution is 0.332. The second kappa shape index (κ2) is 13.3. The Kier molecular flexibility index (Phi) is 8.06. The fraction of sp³-hybridized carbons (Fsp3) is 0.143. The molecule has 8 aromatic carbocycles. The van der Waals surface area contributed by atoms with E-state index in [0.717, 1.165) is 27.6 Å². The third kappa shape index (κ3) is 5.45. The topological polar surface area (TPSA) is 18.1 Å². The van der Waals surface area contributed by atoms with E-state index >= 15 is 0 Å². The van der Waals surface area contributed by atoms with Gasteiger partial charge in [-0.1, -0.05) is 179 Å². The molecule has 0 amide bonds. The van der Waals surface area contributed by atoms with E-state index in [4.69, 9.17) is 4.42 Å². The first-order valence-electron chi connectivity index (χ1n) is 21.1. The molecule has 0 aliphatic heterocycles. The van der Waals surface area contributed by atoms with Crippen LogP contribution in [-0.2, 0) is 10.8 Å². The van der Waals surface area contributed by atoms with Crippen molar-refractivity contribution < 1.29 is 4.42 Å². The molecule has 59 heavy (non-hydrogen) atoms. The van der Waals surface area contributed by atoms with Crippen LogP contribution in [0.15, 0.2) is 192 Å². The van der Waals surface area contributed by atoms with E-state index in [0.29, 0.717) is 0 Å². The summed E-state index contributed by atoms with van der Waals surface area (Å²) in [7, 11) is -2.81. The zero-order valence-electron chi connectivity index (χ0n) is 34.2. The lowest BCUT2D eigenvalue weighted by atomic mass is 9.63. The molecule has 2 aromatic heterocycles. The summed E-state index contributed by atoms with van der Waals surface area (Å²) < 4.78 is 8.74. The van der Waals surface area contributed by atoms with E-state index in [9.17, 15) is 0 Å². The molecule has 10 aromatic rings. The summed E-state index contributed by atoms with van der Waals surface area (Å²) in [6.45, 7) is 9.75. The fourth-order valence-electron chi connectivity index (χ4n) is 10.5. The monoisotopic (exact) mass is 777 g/mol. The van der Waals surface area contributed by atoms with Crippen LogP contribution >= 0.6 is 0 Å². The zero-order valence-corrected chi connectivity index (χ0v) is 35.2. The molecule has 1 aliphatic carbocycles. The summed E-state index contributed by atoms with van der Waals surface area (Å²) in [4.78, 5) is 0. The molecule has 0 saturated heterocycles. The Morgan fingerprint density at radius 1 is 0.441 bits per heavy atom. The number of fused-ring (bicyclic) bond motifs is 7. The number of furan rings is 1. The average Bonchev–Trinajstić information content (AvgIpc) is 3.82. The van der Waals surface area contributed by atoms with Crippen molar-refractivity contribution in [3.8, 4) is 16.8 Å². The number of benzene rings is 8. The highest BCUT2D eigenvalue weighted by Crippen LogP contribution is 2.46. The fourth-order valence-corrected chi connectivity index (χ4v) is 15.2. The van der Waals surface area contributed by atoms with E-state index in [-0.39, 0.29) is 10.8 Å². The molecule has 0 saturated carbocycles. The van der Waals surface area contributed by atoms with Gasteiger partial charge in [-0.2, -0.15) is 0 Å². The van der Waals surface area contributed by atoms with Crippen molar-refractivity contribution in [1.82, 2.24) is 4.57 Å². The van der Waals surface area contributed by atoms with Crippen LogP contribution in [-0.4, -0.2) is 12.6 Å². The first kappa shape index (κ1) is 35.7. The Labute approximate surface area is 347 Å². The van der Waals surface area contributed by atoms with Crippen molar-refractivity contribution in [2.75, 3.05) is 0 Å². The Bertz CT molecular complexity index is 3160. The van der Waals surface area contributed by atoms with Crippen LogP contribution in [0.3, 0.4) is 0 Å². The molecule has 0 N–H and O–H groups in total. The highest BCUT2D eigenvalue weighted by Gasteiger charge is 2.44. The number of hydrogen-bond acceptors (Lipinski definition) is 1. The second-order valence-electron chi connectivity index (χ2n) is 17.9. The highest BCUT2D eigenvalue weighted by molar-refractivity contribution is 7.19. The van der Waals surface area contributed by atoms with Crippen molar-refractivity contribution in [2.45, 2.75) is 51.4 Å². The Morgan fingerprint density at radius 2 is 1.02 bits per heavy atom. The van der Waals surface area contributed by atoms with Crippen molar-refractivity contribution in [1.29, 1.82) is 0 Å². The van der Waals surface area contributed by atoms with Gasteiger partial charge in [-0.3, -0.25) is 0 Å². The van der Waals surface area contributed by atoms with Crippen LogP contribution in [0.5, 0.6) is 0 Å². The van der Waals surface area contributed by atoms with Crippen LogP contribution in [0.25, 0.3) is 60.6 Å². The van der Waals surface area contributed by atoms with E-state index in [2.05, 4.69) is 214 Å². The Morgan fingerprint density at radius 3 is 1.75 bits per heavy atom. The first-order chi connectivity index (χ1) is 28.7. The minimum atomic E-state index is -2.81. The smallest absolute Gasteiger partial charge is 0.179 e. The number of para-hydroxylation sites is 3. The van der Waals surface area contributed by atoms with Gasteiger partial charge >= 0.3 is 0 Å². The van der Waals surface area contributed by atoms with Gasteiger partial charge in [0.05, 0.1) is 11.0 Å². The molecule has 0 radical (unpaired) electrons. The second-order valence-corrected chi connectivity index (χ2v) is 21.7. The van der Waals surface area contributed by atoms with E-state index in [1.165, 1.54) is 77.6 Å². The number of rotatable bonds is 6. The molecule has 2 nitrogen and oxygen atoms in total. The van der Waals surface area contributed by atoms with E-state index in [1.54, 1.807) is 0 Å². The SMILES string of the molecule is CC1(C)CCC(C)(C)c2cc([Si](c3ccccc3)(c3ccccc3)c3ccc(-n4c5ccccc5c5cccc(-c6ccc7oc8ccccc8c7c6)c54)cc3)ccc21. The molecule has 286 valence electrons. The number of hydrogen-bond donors (Lipinski definition) is 0. The van der Waals surface area contributed by atoms with Gasteiger partial charge in [-0.15, -0.1) is 0 Å². The predicted octanol–water partition coefficient (Wildman–Crippen LogP) is 12.1. The molecule has 3 heteroatoms. The minimum Gasteiger partial charge on any atom is -0.456 e. The third-order valence-electron chi connectivity index (χ3n) is 13.6. The lowest BCUT2D eigenvalue weighted by Gasteiger charge is -2.43. The molecule has 0 unspecified atom stereocenters. The molecule has 11 rings (SSSR count).